The van der Waals surface area contributed by atoms with Gasteiger partial charge in [0.15, 0.2) is 5.82 Å². The first-order chi connectivity index (χ1) is 12.8. The molecule has 27 heavy (non-hydrogen) atoms. The van der Waals surface area contributed by atoms with Gasteiger partial charge in [-0.05, 0) is 52.0 Å². The highest BCUT2D eigenvalue weighted by Crippen LogP contribution is 2.36. The predicted octanol–water partition coefficient (Wildman–Crippen LogP) is 4.08. The SMILES string of the molecule is COC(=O)C(C)(C)C(C)(C)Nc1nc(-c2cccnc2)nc2ccccc12. The minimum atomic E-state index is -0.776. The van der Waals surface area contributed by atoms with Crippen LogP contribution >= 0.6 is 0 Å². The number of para-hydroxylation sites is 1. The van der Waals surface area contributed by atoms with Crippen LogP contribution in [0.1, 0.15) is 27.7 Å². The van der Waals surface area contributed by atoms with Crippen molar-refractivity contribution in [3.05, 3.63) is 48.8 Å². The van der Waals surface area contributed by atoms with Gasteiger partial charge in [-0.3, -0.25) is 9.78 Å². The number of methoxy groups -OCH3 is 1. The van der Waals surface area contributed by atoms with Crippen LogP contribution in [0, 0.1) is 5.41 Å². The topological polar surface area (TPSA) is 77.0 Å². The van der Waals surface area contributed by atoms with Gasteiger partial charge >= 0.3 is 5.97 Å². The van der Waals surface area contributed by atoms with Crippen LogP contribution in [0.5, 0.6) is 0 Å². The summed E-state index contributed by atoms with van der Waals surface area (Å²) in [5.74, 6) is 0.961. The van der Waals surface area contributed by atoms with Gasteiger partial charge in [-0.1, -0.05) is 12.1 Å². The number of hydrogen-bond acceptors (Lipinski definition) is 6. The predicted molar refractivity (Wildman–Crippen MR) is 106 cm³/mol. The molecule has 0 aliphatic carbocycles. The summed E-state index contributed by atoms with van der Waals surface area (Å²) >= 11 is 0. The lowest BCUT2D eigenvalue weighted by Gasteiger charge is -2.40. The monoisotopic (exact) mass is 364 g/mol. The first kappa shape index (κ1) is 18.8. The molecular formula is C21H24N4O2. The van der Waals surface area contributed by atoms with E-state index in [0.29, 0.717) is 11.6 Å². The van der Waals surface area contributed by atoms with Crippen LogP contribution in [0.2, 0.25) is 0 Å². The first-order valence-electron chi connectivity index (χ1n) is 8.80. The average Bonchev–Trinajstić information content (AvgIpc) is 2.67. The largest absolute Gasteiger partial charge is 0.469 e. The minimum Gasteiger partial charge on any atom is -0.469 e. The zero-order chi connectivity index (χ0) is 19.7. The fraction of sp³-hybridized carbons (Fsp3) is 0.333. The quantitative estimate of drug-likeness (QED) is 0.687. The van der Waals surface area contributed by atoms with Crippen molar-refractivity contribution in [2.24, 2.45) is 5.41 Å². The van der Waals surface area contributed by atoms with Crippen molar-refractivity contribution in [3.63, 3.8) is 0 Å². The molecule has 0 radical (unpaired) electrons. The van der Waals surface area contributed by atoms with Crippen LogP contribution in [0.3, 0.4) is 0 Å². The maximum Gasteiger partial charge on any atom is 0.313 e. The molecule has 3 aromatic rings. The van der Waals surface area contributed by atoms with Crippen molar-refractivity contribution >= 4 is 22.7 Å². The number of fused-ring (bicyclic) bond motifs is 1. The first-order valence-corrected chi connectivity index (χ1v) is 8.80. The molecule has 0 saturated heterocycles. The second-order valence-electron chi connectivity index (χ2n) is 7.52. The van der Waals surface area contributed by atoms with E-state index in [1.54, 1.807) is 12.4 Å². The fourth-order valence-corrected chi connectivity index (χ4v) is 2.76. The average molecular weight is 364 g/mol. The standard InChI is InChI=1S/C21H24N4O2/c1-20(2,19(26)27-5)21(3,4)25-18-15-10-6-7-11-16(15)23-17(24-18)14-9-8-12-22-13-14/h6-13H,1-5H3,(H,23,24,25). The van der Waals surface area contributed by atoms with Crippen molar-refractivity contribution in [3.8, 4) is 11.4 Å². The van der Waals surface area contributed by atoms with Crippen molar-refractivity contribution < 1.29 is 9.53 Å². The summed E-state index contributed by atoms with van der Waals surface area (Å²) in [4.78, 5) is 25.9. The third-order valence-corrected chi connectivity index (χ3v) is 5.21. The van der Waals surface area contributed by atoms with E-state index in [0.717, 1.165) is 16.5 Å². The number of nitrogens with one attached hydrogen (secondary N) is 1. The molecule has 0 saturated carbocycles. The molecule has 0 spiro atoms. The molecule has 140 valence electrons. The number of nitrogens with zero attached hydrogens (tertiary/aromatic N) is 3. The van der Waals surface area contributed by atoms with Gasteiger partial charge in [0, 0.05) is 28.9 Å². The van der Waals surface area contributed by atoms with Gasteiger partial charge in [0.25, 0.3) is 0 Å². The van der Waals surface area contributed by atoms with Crippen LogP contribution < -0.4 is 5.32 Å². The Balaban J connectivity index is 2.12. The summed E-state index contributed by atoms with van der Waals surface area (Å²) in [6.45, 7) is 7.64. The van der Waals surface area contributed by atoms with Gasteiger partial charge in [0.2, 0.25) is 0 Å². The zero-order valence-corrected chi connectivity index (χ0v) is 16.3. The molecule has 0 aliphatic heterocycles. The molecule has 0 amide bonds. The summed E-state index contributed by atoms with van der Waals surface area (Å²) in [6, 6.07) is 11.6. The Morgan fingerprint density at radius 1 is 1.04 bits per heavy atom. The second-order valence-corrected chi connectivity index (χ2v) is 7.52. The summed E-state index contributed by atoms with van der Waals surface area (Å²) < 4.78 is 5.00. The van der Waals surface area contributed by atoms with E-state index in [1.807, 2.05) is 64.1 Å². The van der Waals surface area contributed by atoms with Crippen LogP contribution in [0.25, 0.3) is 22.3 Å². The van der Waals surface area contributed by atoms with Crippen molar-refractivity contribution in [1.82, 2.24) is 15.0 Å². The fourth-order valence-electron chi connectivity index (χ4n) is 2.76. The number of hydrogen-bond donors (Lipinski definition) is 1. The van der Waals surface area contributed by atoms with Gasteiger partial charge in [0.05, 0.1) is 18.0 Å². The van der Waals surface area contributed by atoms with Crippen LogP contribution in [0.15, 0.2) is 48.8 Å². The Morgan fingerprint density at radius 3 is 2.44 bits per heavy atom. The molecule has 0 bridgehead atoms. The van der Waals surface area contributed by atoms with Gasteiger partial charge < -0.3 is 10.1 Å². The number of aromatic nitrogens is 3. The van der Waals surface area contributed by atoms with Crippen molar-refractivity contribution in [2.45, 2.75) is 33.2 Å². The molecule has 0 unspecified atom stereocenters. The van der Waals surface area contributed by atoms with Crippen LogP contribution in [0.4, 0.5) is 5.82 Å². The Labute approximate surface area is 159 Å². The van der Waals surface area contributed by atoms with E-state index < -0.39 is 11.0 Å². The molecule has 1 N–H and O–H groups in total. The molecular weight excluding hydrogens is 340 g/mol. The highest BCUT2D eigenvalue weighted by molar-refractivity contribution is 5.91. The van der Waals surface area contributed by atoms with E-state index in [4.69, 9.17) is 9.72 Å². The molecule has 3 rings (SSSR count). The second kappa shape index (κ2) is 6.95. The normalized spacial score (nSPS) is 12.0. The van der Waals surface area contributed by atoms with Gasteiger partial charge in [-0.25, -0.2) is 9.97 Å². The van der Waals surface area contributed by atoms with E-state index in [-0.39, 0.29) is 5.97 Å². The number of rotatable bonds is 5. The molecule has 0 fully saturated rings. The molecule has 1 aromatic carbocycles. The van der Waals surface area contributed by atoms with E-state index in [1.165, 1.54) is 7.11 Å². The number of ether oxygens (including phenoxy) is 1. The summed E-state index contributed by atoms with van der Waals surface area (Å²) in [6.07, 6.45) is 3.45. The Kier molecular flexibility index (Phi) is 4.83. The summed E-state index contributed by atoms with van der Waals surface area (Å²) in [5, 5.41) is 4.34. The third-order valence-electron chi connectivity index (χ3n) is 5.21. The molecule has 0 atom stereocenters. The van der Waals surface area contributed by atoms with Crippen LogP contribution in [-0.4, -0.2) is 33.6 Å². The maximum atomic E-state index is 12.3. The molecule has 6 nitrogen and oxygen atoms in total. The number of anilines is 1. The Bertz CT molecular complexity index is 968. The minimum absolute atomic E-state index is 0.286. The molecule has 2 heterocycles. The molecule has 6 heteroatoms. The highest BCUT2D eigenvalue weighted by atomic mass is 16.5. The lowest BCUT2D eigenvalue weighted by Crippen LogP contribution is -2.51. The molecule has 2 aromatic heterocycles. The van der Waals surface area contributed by atoms with Crippen LogP contribution in [-0.2, 0) is 9.53 Å². The van der Waals surface area contributed by atoms with Crippen molar-refractivity contribution in [1.29, 1.82) is 0 Å². The third kappa shape index (κ3) is 3.47. The summed E-state index contributed by atoms with van der Waals surface area (Å²) in [5.41, 5.74) is 0.253. The summed E-state index contributed by atoms with van der Waals surface area (Å²) in [7, 11) is 1.40. The highest BCUT2D eigenvalue weighted by Gasteiger charge is 2.44. The molecule has 0 aliphatic rings. The lowest BCUT2D eigenvalue weighted by atomic mass is 9.74. The van der Waals surface area contributed by atoms with Gasteiger partial charge in [-0.15, -0.1) is 0 Å². The zero-order valence-electron chi connectivity index (χ0n) is 16.3. The number of carbonyl (C=O) groups excluding carboxylic acids is 1. The number of carbonyl (C=O) groups is 1. The Morgan fingerprint density at radius 2 is 1.78 bits per heavy atom. The van der Waals surface area contributed by atoms with Gasteiger partial charge in [-0.2, -0.15) is 0 Å². The smallest absolute Gasteiger partial charge is 0.313 e. The number of pyridine rings is 1. The Hall–Kier alpha value is -3.02. The maximum absolute atomic E-state index is 12.3. The van der Waals surface area contributed by atoms with Crippen molar-refractivity contribution in [2.75, 3.05) is 12.4 Å². The van der Waals surface area contributed by atoms with E-state index in [9.17, 15) is 4.79 Å². The number of benzene rings is 1. The van der Waals surface area contributed by atoms with E-state index >= 15 is 0 Å². The van der Waals surface area contributed by atoms with Gasteiger partial charge in [0.1, 0.15) is 5.82 Å². The lowest BCUT2D eigenvalue weighted by molar-refractivity contribution is -0.153. The van der Waals surface area contributed by atoms with E-state index in [2.05, 4.69) is 15.3 Å². The number of esters is 1.